The number of rotatable bonds is 6. The summed E-state index contributed by atoms with van der Waals surface area (Å²) in [7, 11) is 6.68. The van der Waals surface area contributed by atoms with Crippen LogP contribution < -0.4 is 14.2 Å². The maximum absolute atomic E-state index is 12.4. The highest BCUT2D eigenvalue weighted by Crippen LogP contribution is 2.29. The van der Waals surface area contributed by atoms with E-state index in [0.29, 0.717) is 22.8 Å². The standard InChI is InChI=1S/C18H20N2O4/c1-20(2)19-12-13-9-10-16(17(11-13)23-4)24-18(21)14-7-5-6-8-15(14)22-3/h5-12H,1-4H3/b19-12+. The highest BCUT2D eigenvalue weighted by Gasteiger charge is 2.16. The third-order valence-electron chi connectivity index (χ3n) is 3.15. The molecule has 2 rings (SSSR count). The SMILES string of the molecule is COc1cc(/C=N/N(C)C)ccc1OC(=O)c1ccccc1OC. The van der Waals surface area contributed by atoms with Gasteiger partial charge in [0, 0.05) is 14.1 Å². The Bertz CT molecular complexity index is 742. The van der Waals surface area contributed by atoms with Gasteiger partial charge in [0.2, 0.25) is 0 Å². The van der Waals surface area contributed by atoms with Crippen molar-refractivity contribution in [2.45, 2.75) is 0 Å². The second-order valence-corrected chi connectivity index (χ2v) is 5.09. The molecule has 0 fully saturated rings. The molecule has 6 nitrogen and oxygen atoms in total. The van der Waals surface area contributed by atoms with Crippen LogP contribution in [0.2, 0.25) is 0 Å². The van der Waals surface area contributed by atoms with Crippen LogP contribution in [0.3, 0.4) is 0 Å². The lowest BCUT2D eigenvalue weighted by Gasteiger charge is -2.11. The molecule has 2 aromatic rings. The quantitative estimate of drug-likeness (QED) is 0.353. The van der Waals surface area contributed by atoms with Crippen LogP contribution in [0, 0.1) is 0 Å². The molecule has 0 N–H and O–H groups in total. The maximum Gasteiger partial charge on any atom is 0.347 e. The van der Waals surface area contributed by atoms with Crippen molar-refractivity contribution in [3.05, 3.63) is 53.6 Å². The van der Waals surface area contributed by atoms with Crippen molar-refractivity contribution in [3.63, 3.8) is 0 Å². The summed E-state index contributed by atoms with van der Waals surface area (Å²) in [5.41, 5.74) is 1.18. The van der Waals surface area contributed by atoms with Crippen molar-refractivity contribution in [2.75, 3.05) is 28.3 Å². The van der Waals surface area contributed by atoms with E-state index in [1.54, 1.807) is 53.7 Å². The van der Waals surface area contributed by atoms with E-state index in [1.165, 1.54) is 14.2 Å². The molecule has 0 atom stereocenters. The van der Waals surface area contributed by atoms with Gasteiger partial charge in [-0.15, -0.1) is 0 Å². The van der Waals surface area contributed by atoms with Crippen molar-refractivity contribution in [2.24, 2.45) is 5.10 Å². The minimum absolute atomic E-state index is 0.329. The van der Waals surface area contributed by atoms with Gasteiger partial charge >= 0.3 is 5.97 Å². The van der Waals surface area contributed by atoms with Crippen LogP contribution in [0.4, 0.5) is 0 Å². The molecule has 6 heteroatoms. The Hall–Kier alpha value is -3.02. The minimum Gasteiger partial charge on any atom is -0.496 e. The van der Waals surface area contributed by atoms with Gasteiger partial charge in [0.1, 0.15) is 11.3 Å². The molecule has 0 aliphatic heterocycles. The van der Waals surface area contributed by atoms with E-state index in [0.717, 1.165) is 5.56 Å². The summed E-state index contributed by atoms with van der Waals surface area (Å²) in [5, 5.41) is 5.84. The summed E-state index contributed by atoms with van der Waals surface area (Å²) in [6.07, 6.45) is 1.69. The van der Waals surface area contributed by atoms with Gasteiger partial charge in [-0.3, -0.25) is 0 Å². The molecule has 0 heterocycles. The third-order valence-corrected chi connectivity index (χ3v) is 3.15. The van der Waals surface area contributed by atoms with Crippen LogP contribution in [-0.4, -0.2) is 45.5 Å². The zero-order valence-electron chi connectivity index (χ0n) is 14.1. The number of methoxy groups -OCH3 is 2. The molecule has 2 aromatic carbocycles. The van der Waals surface area contributed by atoms with Crippen LogP contribution in [0.15, 0.2) is 47.6 Å². The van der Waals surface area contributed by atoms with Crippen molar-refractivity contribution in [3.8, 4) is 17.2 Å². The molecule has 0 bridgehead atoms. The van der Waals surface area contributed by atoms with Crippen molar-refractivity contribution >= 4 is 12.2 Å². The smallest absolute Gasteiger partial charge is 0.347 e. The minimum atomic E-state index is -0.513. The van der Waals surface area contributed by atoms with Gasteiger partial charge in [-0.2, -0.15) is 5.10 Å². The van der Waals surface area contributed by atoms with E-state index in [-0.39, 0.29) is 0 Å². The Morgan fingerprint density at radius 2 is 1.71 bits per heavy atom. The van der Waals surface area contributed by atoms with Gasteiger partial charge in [-0.05, 0) is 35.9 Å². The van der Waals surface area contributed by atoms with Crippen molar-refractivity contribution in [1.29, 1.82) is 0 Å². The van der Waals surface area contributed by atoms with Gasteiger partial charge in [0.05, 0.1) is 20.4 Å². The molecule has 0 aliphatic rings. The second-order valence-electron chi connectivity index (χ2n) is 5.09. The van der Waals surface area contributed by atoms with E-state index in [9.17, 15) is 4.79 Å². The highest BCUT2D eigenvalue weighted by atomic mass is 16.6. The fraction of sp³-hybridized carbons (Fsp3) is 0.222. The number of hydrogen-bond donors (Lipinski definition) is 0. The Labute approximate surface area is 141 Å². The molecule has 0 spiro atoms. The largest absolute Gasteiger partial charge is 0.496 e. The summed E-state index contributed by atoms with van der Waals surface area (Å²) in [6.45, 7) is 0. The van der Waals surface area contributed by atoms with Gasteiger partial charge in [-0.25, -0.2) is 4.79 Å². The Balaban J connectivity index is 2.24. The number of benzene rings is 2. The first-order valence-corrected chi connectivity index (χ1v) is 7.29. The molecule has 0 radical (unpaired) electrons. The third kappa shape index (κ3) is 4.25. The van der Waals surface area contributed by atoms with Crippen LogP contribution in [0.5, 0.6) is 17.2 Å². The number of hydrazone groups is 1. The van der Waals surface area contributed by atoms with Crippen LogP contribution in [-0.2, 0) is 0 Å². The molecule has 0 unspecified atom stereocenters. The lowest BCUT2D eigenvalue weighted by atomic mass is 10.2. The zero-order valence-corrected chi connectivity index (χ0v) is 14.1. The normalized spacial score (nSPS) is 10.5. The number of carbonyl (C=O) groups excluding carboxylic acids is 1. The molecule has 126 valence electrons. The lowest BCUT2D eigenvalue weighted by Crippen LogP contribution is -2.11. The molecule has 24 heavy (non-hydrogen) atoms. The lowest BCUT2D eigenvalue weighted by molar-refractivity contribution is 0.0726. The van der Waals surface area contributed by atoms with Gasteiger partial charge in [-0.1, -0.05) is 12.1 Å². The Morgan fingerprint density at radius 3 is 2.38 bits per heavy atom. The van der Waals surface area contributed by atoms with Gasteiger partial charge in [0.15, 0.2) is 11.5 Å². The van der Waals surface area contributed by atoms with Crippen LogP contribution in [0.25, 0.3) is 0 Å². The summed E-state index contributed by atoms with van der Waals surface area (Å²) in [6, 6.07) is 12.1. The zero-order chi connectivity index (χ0) is 17.5. The van der Waals surface area contributed by atoms with E-state index < -0.39 is 5.97 Å². The fourth-order valence-electron chi connectivity index (χ4n) is 2.00. The average molecular weight is 328 g/mol. The highest BCUT2D eigenvalue weighted by molar-refractivity contribution is 5.94. The predicted octanol–water partition coefficient (Wildman–Crippen LogP) is 2.82. The predicted molar refractivity (Wildman–Crippen MR) is 92.2 cm³/mol. The Morgan fingerprint density at radius 1 is 1.00 bits per heavy atom. The summed E-state index contributed by atoms with van der Waals surface area (Å²) >= 11 is 0. The first kappa shape index (κ1) is 17.3. The number of para-hydroxylation sites is 1. The van der Waals surface area contributed by atoms with Gasteiger partial charge in [0.25, 0.3) is 0 Å². The molecule has 0 saturated carbocycles. The number of esters is 1. The number of carbonyl (C=O) groups is 1. The Kier molecular flexibility index (Phi) is 5.78. The van der Waals surface area contributed by atoms with E-state index >= 15 is 0 Å². The van der Waals surface area contributed by atoms with Crippen LogP contribution in [0.1, 0.15) is 15.9 Å². The first-order valence-electron chi connectivity index (χ1n) is 7.29. The molecule has 0 aliphatic carbocycles. The van der Waals surface area contributed by atoms with E-state index in [2.05, 4.69) is 5.10 Å². The topological polar surface area (TPSA) is 60.4 Å². The first-order chi connectivity index (χ1) is 11.5. The van der Waals surface area contributed by atoms with E-state index in [1.807, 2.05) is 14.1 Å². The number of hydrogen-bond acceptors (Lipinski definition) is 6. The van der Waals surface area contributed by atoms with E-state index in [4.69, 9.17) is 14.2 Å². The van der Waals surface area contributed by atoms with Crippen LogP contribution >= 0.6 is 0 Å². The molecular weight excluding hydrogens is 308 g/mol. The van der Waals surface area contributed by atoms with Crippen molar-refractivity contribution < 1.29 is 19.0 Å². The fourth-order valence-corrected chi connectivity index (χ4v) is 2.00. The molecular formula is C18H20N2O4. The molecule has 0 aromatic heterocycles. The maximum atomic E-state index is 12.4. The molecule has 0 saturated heterocycles. The molecule has 0 amide bonds. The second kappa shape index (κ2) is 8.01. The van der Waals surface area contributed by atoms with Gasteiger partial charge < -0.3 is 19.2 Å². The summed E-state index contributed by atoms with van der Waals surface area (Å²) in [5.74, 6) is 0.716. The number of nitrogens with zero attached hydrogens (tertiary/aromatic N) is 2. The average Bonchev–Trinajstić information content (AvgIpc) is 2.60. The van der Waals surface area contributed by atoms with Crippen molar-refractivity contribution in [1.82, 2.24) is 5.01 Å². The summed E-state index contributed by atoms with van der Waals surface area (Å²) < 4.78 is 15.9. The monoisotopic (exact) mass is 328 g/mol. The number of ether oxygens (including phenoxy) is 3. The summed E-state index contributed by atoms with van der Waals surface area (Å²) in [4.78, 5) is 12.4.